The van der Waals surface area contributed by atoms with Crippen LogP contribution in [0.1, 0.15) is 12.6 Å². The van der Waals surface area contributed by atoms with Crippen molar-refractivity contribution in [2.75, 3.05) is 0 Å². The Morgan fingerprint density at radius 3 is 2.69 bits per heavy atom. The number of aromatic nitrogens is 1. The first-order valence-corrected chi connectivity index (χ1v) is 4.03. The van der Waals surface area contributed by atoms with Gasteiger partial charge in [0.2, 0.25) is 0 Å². The van der Waals surface area contributed by atoms with Gasteiger partial charge in [-0.25, -0.2) is 8.78 Å². The number of halogens is 2. The molecule has 2 N–H and O–H groups in total. The molecule has 13 heavy (non-hydrogen) atoms. The molecule has 1 rings (SSSR count). The highest BCUT2D eigenvalue weighted by Gasteiger charge is 2.30. The Labute approximate surface area is 75.8 Å². The first-order chi connectivity index (χ1) is 6.00. The molecular weight excluding hydrogens is 174 g/mol. The van der Waals surface area contributed by atoms with Crippen LogP contribution in [0.4, 0.5) is 8.78 Å². The lowest BCUT2D eigenvalue weighted by molar-refractivity contribution is -0.00540. The fourth-order valence-electron chi connectivity index (χ4n) is 0.923. The molecule has 1 aromatic rings. The SMILES string of the molecule is CC(F)(F)C(N)Cc1ccccn1. The van der Waals surface area contributed by atoms with Gasteiger partial charge in [0.25, 0.3) is 5.92 Å². The number of nitrogens with two attached hydrogens (primary N) is 1. The monoisotopic (exact) mass is 186 g/mol. The van der Waals surface area contributed by atoms with Crippen molar-refractivity contribution in [3.63, 3.8) is 0 Å². The van der Waals surface area contributed by atoms with Gasteiger partial charge in [-0.15, -0.1) is 0 Å². The number of hydrogen-bond donors (Lipinski definition) is 1. The van der Waals surface area contributed by atoms with Gasteiger partial charge in [0, 0.05) is 25.2 Å². The second-order valence-electron chi connectivity index (χ2n) is 3.09. The van der Waals surface area contributed by atoms with E-state index in [9.17, 15) is 8.78 Å². The van der Waals surface area contributed by atoms with E-state index in [4.69, 9.17) is 5.73 Å². The second kappa shape index (κ2) is 3.79. The van der Waals surface area contributed by atoms with Gasteiger partial charge in [0.1, 0.15) is 0 Å². The Hall–Kier alpha value is -1.03. The molecule has 0 saturated heterocycles. The molecule has 1 unspecified atom stereocenters. The van der Waals surface area contributed by atoms with Crippen LogP contribution in [-0.4, -0.2) is 16.9 Å². The average Bonchev–Trinajstić information content (AvgIpc) is 2.04. The number of pyridine rings is 1. The van der Waals surface area contributed by atoms with Gasteiger partial charge in [0.15, 0.2) is 0 Å². The largest absolute Gasteiger partial charge is 0.322 e. The van der Waals surface area contributed by atoms with Gasteiger partial charge in [-0.05, 0) is 12.1 Å². The van der Waals surface area contributed by atoms with E-state index < -0.39 is 12.0 Å². The molecule has 0 fully saturated rings. The average molecular weight is 186 g/mol. The number of rotatable bonds is 3. The van der Waals surface area contributed by atoms with Gasteiger partial charge in [0.05, 0.1) is 6.04 Å². The van der Waals surface area contributed by atoms with Crippen LogP contribution in [0.3, 0.4) is 0 Å². The van der Waals surface area contributed by atoms with Crippen molar-refractivity contribution in [1.82, 2.24) is 4.98 Å². The summed E-state index contributed by atoms with van der Waals surface area (Å²) in [5.74, 6) is -2.85. The lowest BCUT2D eigenvalue weighted by atomic mass is 10.1. The van der Waals surface area contributed by atoms with Crippen molar-refractivity contribution in [1.29, 1.82) is 0 Å². The predicted octanol–water partition coefficient (Wildman–Crippen LogP) is 1.61. The van der Waals surface area contributed by atoms with Crippen LogP contribution < -0.4 is 5.73 Å². The minimum absolute atomic E-state index is 0.102. The Morgan fingerprint density at radius 2 is 2.23 bits per heavy atom. The summed E-state index contributed by atoms with van der Waals surface area (Å²) < 4.78 is 25.3. The molecule has 0 aliphatic carbocycles. The number of hydrogen-bond acceptors (Lipinski definition) is 2. The topological polar surface area (TPSA) is 38.9 Å². The minimum Gasteiger partial charge on any atom is -0.322 e. The third kappa shape index (κ3) is 3.06. The summed E-state index contributed by atoms with van der Waals surface area (Å²) in [6.07, 6.45) is 1.67. The minimum atomic E-state index is -2.85. The molecule has 1 atom stereocenters. The Morgan fingerprint density at radius 1 is 1.54 bits per heavy atom. The van der Waals surface area contributed by atoms with E-state index in [1.54, 1.807) is 24.4 Å². The highest BCUT2D eigenvalue weighted by Crippen LogP contribution is 2.17. The summed E-state index contributed by atoms with van der Waals surface area (Å²) in [5, 5.41) is 0. The molecule has 0 aliphatic rings. The highest BCUT2D eigenvalue weighted by molar-refractivity contribution is 5.06. The van der Waals surface area contributed by atoms with E-state index in [0.717, 1.165) is 6.92 Å². The van der Waals surface area contributed by atoms with Crippen molar-refractivity contribution < 1.29 is 8.78 Å². The van der Waals surface area contributed by atoms with Crippen LogP contribution >= 0.6 is 0 Å². The normalized spacial score (nSPS) is 14.2. The summed E-state index contributed by atoms with van der Waals surface area (Å²) in [5.41, 5.74) is 5.89. The quantitative estimate of drug-likeness (QED) is 0.778. The Balaban J connectivity index is 2.61. The van der Waals surface area contributed by atoms with Crippen LogP contribution in [0.5, 0.6) is 0 Å². The van der Waals surface area contributed by atoms with Crippen molar-refractivity contribution in [3.05, 3.63) is 30.1 Å². The Bertz CT molecular complexity index is 256. The first kappa shape index (κ1) is 10.1. The van der Waals surface area contributed by atoms with E-state index in [1.165, 1.54) is 0 Å². The molecular formula is C9H12F2N2. The number of alkyl halides is 2. The summed E-state index contributed by atoms with van der Waals surface area (Å²) in [4.78, 5) is 3.92. The molecule has 2 nitrogen and oxygen atoms in total. The van der Waals surface area contributed by atoms with Crippen LogP contribution in [0.25, 0.3) is 0 Å². The van der Waals surface area contributed by atoms with Crippen molar-refractivity contribution in [3.8, 4) is 0 Å². The smallest absolute Gasteiger partial charge is 0.260 e. The van der Waals surface area contributed by atoms with Gasteiger partial charge < -0.3 is 5.73 Å². The maximum absolute atomic E-state index is 12.6. The van der Waals surface area contributed by atoms with E-state index in [-0.39, 0.29) is 6.42 Å². The van der Waals surface area contributed by atoms with Gasteiger partial charge in [-0.2, -0.15) is 0 Å². The third-order valence-corrected chi connectivity index (χ3v) is 1.81. The molecule has 1 heterocycles. The van der Waals surface area contributed by atoms with Gasteiger partial charge in [-0.1, -0.05) is 6.07 Å². The Kier molecular flexibility index (Phi) is 2.93. The zero-order chi connectivity index (χ0) is 9.90. The lowest BCUT2D eigenvalue weighted by Gasteiger charge is -2.18. The summed E-state index contributed by atoms with van der Waals surface area (Å²) in [6.45, 7) is 0.820. The molecule has 0 radical (unpaired) electrons. The van der Waals surface area contributed by atoms with Crippen molar-refractivity contribution >= 4 is 0 Å². The molecule has 0 spiro atoms. The molecule has 0 aromatic carbocycles. The number of nitrogens with zero attached hydrogens (tertiary/aromatic N) is 1. The third-order valence-electron chi connectivity index (χ3n) is 1.81. The van der Waals surface area contributed by atoms with E-state index in [0.29, 0.717) is 5.69 Å². The second-order valence-corrected chi connectivity index (χ2v) is 3.09. The zero-order valence-electron chi connectivity index (χ0n) is 7.37. The molecule has 72 valence electrons. The summed E-state index contributed by atoms with van der Waals surface area (Å²) >= 11 is 0. The van der Waals surface area contributed by atoms with E-state index >= 15 is 0 Å². The summed E-state index contributed by atoms with van der Waals surface area (Å²) in [6, 6.07) is 4.01. The van der Waals surface area contributed by atoms with Crippen molar-refractivity contribution in [2.24, 2.45) is 5.73 Å². The molecule has 0 bridgehead atoms. The first-order valence-electron chi connectivity index (χ1n) is 4.03. The van der Waals surface area contributed by atoms with E-state index in [1.807, 2.05) is 0 Å². The highest BCUT2D eigenvalue weighted by atomic mass is 19.3. The van der Waals surface area contributed by atoms with Crippen LogP contribution in [0, 0.1) is 0 Å². The fraction of sp³-hybridized carbons (Fsp3) is 0.444. The van der Waals surface area contributed by atoms with Crippen LogP contribution in [0.2, 0.25) is 0 Å². The van der Waals surface area contributed by atoms with Gasteiger partial charge in [-0.3, -0.25) is 4.98 Å². The summed E-state index contributed by atoms with van der Waals surface area (Å²) in [7, 11) is 0. The van der Waals surface area contributed by atoms with E-state index in [2.05, 4.69) is 4.98 Å². The molecule has 0 amide bonds. The molecule has 1 aromatic heterocycles. The molecule has 0 aliphatic heterocycles. The van der Waals surface area contributed by atoms with Gasteiger partial charge >= 0.3 is 0 Å². The van der Waals surface area contributed by atoms with Crippen LogP contribution in [-0.2, 0) is 6.42 Å². The fourth-order valence-corrected chi connectivity index (χ4v) is 0.923. The maximum atomic E-state index is 12.6. The van der Waals surface area contributed by atoms with Crippen LogP contribution in [0.15, 0.2) is 24.4 Å². The lowest BCUT2D eigenvalue weighted by Crippen LogP contribution is -2.40. The standard InChI is InChI=1S/C9H12F2N2/c1-9(10,11)8(12)6-7-4-2-3-5-13-7/h2-5,8H,6,12H2,1H3. The predicted molar refractivity (Wildman–Crippen MR) is 46.5 cm³/mol. The maximum Gasteiger partial charge on any atom is 0.260 e. The zero-order valence-corrected chi connectivity index (χ0v) is 7.37. The molecule has 0 saturated carbocycles. The van der Waals surface area contributed by atoms with Crippen molar-refractivity contribution in [2.45, 2.75) is 25.3 Å². The molecule has 4 heteroatoms.